The van der Waals surface area contributed by atoms with Gasteiger partial charge >= 0.3 is 5.97 Å². The lowest BCUT2D eigenvalue weighted by Crippen LogP contribution is -2.27. The van der Waals surface area contributed by atoms with Gasteiger partial charge in [0.05, 0.1) is 5.92 Å². The minimum atomic E-state index is -0.158. The Morgan fingerprint density at radius 2 is 1.79 bits per heavy atom. The maximum absolute atomic E-state index is 12.6. The van der Waals surface area contributed by atoms with Crippen LogP contribution in [0.1, 0.15) is 36.8 Å². The molecule has 1 aliphatic rings. The zero-order valence-electron chi connectivity index (χ0n) is 14.2. The lowest BCUT2D eigenvalue weighted by Gasteiger charge is -2.19. The highest BCUT2D eigenvalue weighted by atomic mass is 16.5. The van der Waals surface area contributed by atoms with Gasteiger partial charge in [-0.3, -0.25) is 9.69 Å². The Morgan fingerprint density at radius 1 is 1.12 bits per heavy atom. The molecule has 0 bridgehead atoms. The molecule has 0 saturated carbocycles. The smallest absolute Gasteiger partial charge is 0.313 e. The standard InChI is InChI=1S/C21H25NO2/c1-2-20(18-11-7-4-8-12-18)21(23)24-19-13-14-22(16-19)15-17-9-5-3-6-10-17/h3-12,19-20H,2,13-16H2,1H3/t19-,20?/m1/s1. The van der Waals surface area contributed by atoms with E-state index in [0.29, 0.717) is 0 Å². The molecule has 0 N–H and O–H groups in total. The maximum Gasteiger partial charge on any atom is 0.313 e. The fraction of sp³-hybridized carbons (Fsp3) is 0.381. The van der Waals surface area contributed by atoms with Gasteiger partial charge in [-0.05, 0) is 24.0 Å². The number of ether oxygens (including phenoxy) is 1. The molecular weight excluding hydrogens is 298 g/mol. The summed E-state index contributed by atoms with van der Waals surface area (Å²) < 4.78 is 5.81. The van der Waals surface area contributed by atoms with Crippen molar-refractivity contribution in [2.75, 3.05) is 13.1 Å². The van der Waals surface area contributed by atoms with Crippen molar-refractivity contribution in [3.8, 4) is 0 Å². The van der Waals surface area contributed by atoms with Crippen LogP contribution >= 0.6 is 0 Å². The van der Waals surface area contributed by atoms with Crippen LogP contribution in [-0.2, 0) is 16.1 Å². The lowest BCUT2D eigenvalue weighted by atomic mass is 9.97. The fourth-order valence-electron chi connectivity index (χ4n) is 3.35. The van der Waals surface area contributed by atoms with Crippen molar-refractivity contribution in [3.05, 3.63) is 71.8 Å². The third kappa shape index (κ3) is 4.24. The van der Waals surface area contributed by atoms with Crippen molar-refractivity contribution >= 4 is 5.97 Å². The molecule has 126 valence electrons. The van der Waals surface area contributed by atoms with E-state index in [1.165, 1.54) is 5.56 Å². The first-order valence-electron chi connectivity index (χ1n) is 8.78. The summed E-state index contributed by atoms with van der Waals surface area (Å²) in [5.41, 5.74) is 2.35. The SMILES string of the molecule is CCC(C(=O)O[C@@H]1CCN(Cc2ccccc2)C1)c1ccccc1. The predicted molar refractivity (Wildman–Crippen MR) is 95.7 cm³/mol. The summed E-state index contributed by atoms with van der Waals surface area (Å²) in [5.74, 6) is -0.246. The van der Waals surface area contributed by atoms with E-state index < -0.39 is 0 Å². The molecule has 24 heavy (non-hydrogen) atoms. The third-order valence-corrected chi connectivity index (χ3v) is 4.66. The number of benzene rings is 2. The zero-order valence-corrected chi connectivity index (χ0v) is 14.2. The van der Waals surface area contributed by atoms with Crippen LogP contribution in [0.2, 0.25) is 0 Å². The molecule has 1 aliphatic heterocycles. The van der Waals surface area contributed by atoms with Crippen LogP contribution in [-0.4, -0.2) is 30.1 Å². The molecule has 1 saturated heterocycles. The first-order chi connectivity index (χ1) is 11.8. The van der Waals surface area contributed by atoms with E-state index in [1.807, 2.05) is 43.3 Å². The van der Waals surface area contributed by atoms with E-state index >= 15 is 0 Å². The molecule has 2 aromatic carbocycles. The number of hydrogen-bond donors (Lipinski definition) is 0. The molecule has 3 heteroatoms. The molecule has 3 nitrogen and oxygen atoms in total. The molecular formula is C21H25NO2. The van der Waals surface area contributed by atoms with Crippen LogP contribution in [0.3, 0.4) is 0 Å². The molecule has 0 amide bonds. The van der Waals surface area contributed by atoms with Gasteiger partial charge in [0.25, 0.3) is 0 Å². The van der Waals surface area contributed by atoms with Crippen LogP contribution in [0.25, 0.3) is 0 Å². The summed E-state index contributed by atoms with van der Waals surface area (Å²) in [6, 6.07) is 20.4. The molecule has 0 aliphatic carbocycles. The van der Waals surface area contributed by atoms with Crippen molar-refractivity contribution in [1.29, 1.82) is 0 Å². The monoisotopic (exact) mass is 323 g/mol. The molecule has 1 unspecified atom stereocenters. The Labute approximate surface area is 144 Å². The van der Waals surface area contributed by atoms with E-state index in [-0.39, 0.29) is 18.0 Å². The predicted octanol–water partition coefficient (Wildman–Crippen LogP) is 4.00. The topological polar surface area (TPSA) is 29.5 Å². The number of nitrogens with zero attached hydrogens (tertiary/aromatic N) is 1. The van der Waals surface area contributed by atoms with Gasteiger partial charge in [0.15, 0.2) is 0 Å². The quantitative estimate of drug-likeness (QED) is 0.753. The highest BCUT2D eigenvalue weighted by molar-refractivity contribution is 5.78. The third-order valence-electron chi connectivity index (χ3n) is 4.66. The van der Waals surface area contributed by atoms with Crippen LogP contribution in [0, 0.1) is 0 Å². The average Bonchev–Trinajstić information content (AvgIpc) is 3.04. The van der Waals surface area contributed by atoms with Crippen LogP contribution in [0.15, 0.2) is 60.7 Å². The number of carbonyl (C=O) groups excluding carboxylic acids is 1. The first-order valence-corrected chi connectivity index (χ1v) is 8.78. The number of likely N-dealkylation sites (tertiary alicyclic amines) is 1. The first kappa shape index (κ1) is 16.7. The van der Waals surface area contributed by atoms with Crippen LogP contribution < -0.4 is 0 Å². The van der Waals surface area contributed by atoms with Crippen molar-refractivity contribution in [2.45, 2.75) is 38.3 Å². The summed E-state index contributed by atoms with van der Waals surface area (Å²) in [4.78, 5) is 14.9. The highest BCUT2D eigenvalue weighted by Gasteiger charge is 2.28. The van der Waals surface area contributed by atoms with Crippen molar-refractivity contribution in [2.24, 2.45) is 0 Å². The van der Waals surface area contributed by atoms with E-state index in [9.17, 15) is 4.79 Å². The molecule has 0 radical (unpaired) electrons. The van der Waals surface area contributed by atoms with Gasteiger partial charge in [0.2, 0.25) is 0 Å². The van der Waals surface area contributed by atoms with E-state index in [1.54, 1.807) is 0 Å². The van der Waals surface area contributed by atoms with Crippen molar-refractivity contribution < 1.29 is 9.53 Å². The summed E-state index contributed by atoms with van der Waals surface area (Å²) >= 11 is 0. The summed E-state index contributed by atoms with van der Waals surface area (Å²) in [6.07, 6.45) is 1.70. The van der Waals surface area contributed by atoms with Gasteiger partial charge in [0, 0.05) is 19.6 Å². The molecule has 3 rings (SSSR count). The molecule has 1 heterocycles. The second-order valence-corrected chi connectivity index (χ2v) is 6.44. The lowest BCUT2D eigenvalue weighted by molar-refractivity contribution is -0.150. The second kappa shape index (κ2) is 8.11. The zero-order chi connectivity index (χ0) is 16.8. The van der Waals surface area contributed by atoms with Crippen LogP contribution in [0.5, 0.6) is 0 Å². The minimum absolute atomic E-state index is 0.0129. The Balaban J connectivity index is 1.54. The summed E-state index contributed by atoms with van der Waals surface area (Å²) in [5, 5.41) is 0. The normalized spacial score (nSPS) is 19.1. The Kier molecular flexibility index (Phi) is 5.65. The fourth-order valence-corrected chi connectivity index (χ4v) is 3.35. The maximum atomic E-state index is 12.6. The van der Waals surface area contributed by atoms with Crippen molar-refractivity contribution in [3.63, 3.8) is 0 Å². The molecule has 2 atom stereocenters. The van der Waals surface area contributed by atoms with Crippen molar-refractivity contribution in [1.82, 2.24) is 4.90 Å². The van der Waals surface area contributed by atoms with E-state index in [0.717, 1.165) is 38.0 Å². The largest absolute Gasteiger partial charge is 0.460 e. The number of esters is 1. The summed E-state index contributed by atoms with van der Waals surface area (Å²) in [6.45, 7) is 4.76. The number of hydrogen-bond acceptors (Lipinski definition) is 3. The van der Waals surface area contributed by atoms with Gasteiger partial charge in [-0.2, -0.15) is 0 Å². The minimum Gasteiger partial charge on any atom is -0.460 e. The number of carbonyl (C=O) groups is 1. The van der Waals surface area contributed by atoms with Gasteiger partial charge < -0.3 is 4.74 Å². The molecule has 1 fully saturated rings. The Morgan fingerprint density at radius 3 is 2.46 bits per heavy atom. The second-order valence-electron chi connectivity index (χ2n) is 6.44. The van der Waals surface area contributed by atoms with Gasteiger partial charge in [-0.1, -0.05) is 67.6 Å². The highest BCUT2D eigenvalue weighted by Crippen LogP contribution is 2.24. The van der Waals surface area contributed by atoms with Crippen LogP contribution in [0.4, 0.5) is 0 Å². The van der Waals surface area contributed by atoms with Gasteiger partial charge in [-0.25, -0.2) is 0 Å². The molecule has 0 aromatic heterocycles. The van der Waals surface area contributed by atoms with Gasteiger partial charge in [0.1, 0.15) is 6.10 Å². The summed E-state index contributed by atoms with van der Waals surface area (Å²) in [7, 11) is 0. The van der Waals surface area contributed by atoms with E-state index in [4.69, 9.17) is 4.74 Å². The number of rotatable bonds is 6. The van der Waals surface area contributed by atoms with Gasteiger partial charge in [-0.15, -0.1) is 0 Å². The molecule has 0 spiro atoms. The molecule has 2 aromatic rings. The Hall–Kier alpha value is -2.13. The average molecular weight is 323 g/mol. The Bertz CT molecular complexity index is 641. The van der Waals surface area contributed by atoms with E-state index in [2.05, 4.69) is 29.2 Å².